The lowest BCUT2D eigenvalue weighted by atomic mass is 10.3. The van der Waals surface area contributed by atoms with Crippen molar-refractivity contribution in [3.05, 3.63) is 0 Å². The van der Waals surface area contributed by atoms with Gasteiger partial charge in [0.25, 0.3) is 5.17 Å². The van der Waals surface area contributed by atoms with Gasteiger partial charge in [-0.2, -0.15) is 0 Å². The Kier molecular flexibility index (Phi) is 6.75. The number of nitrogens with one attached hydrogen (secondary N) is 1. The van der Waals surface area contributed by atoms with Gasteiger partial charge >= 0.3 is 0 Å². The average Bonchev–Trinajstić information content (AvgIpc) is 2.52. The molecule has 1 fully saturated rings. The third-order valence-corrected chi connectivity index (χ3v) is 5.39. The predicted octanol–water partition coefficient (Wildman–Crippen LogP) is -0.794. The van der Waals surface area contributed by atoms with Crippen molar-refractivity contribution in [2.45, 2.75) is 11.4 Å². The van der Waals surface area contributed by atoms with Crippen molar-refractivity contribution < 1.29 is 18.3 Å². The topological polar surface area (TPSA) is 78.9 Å². The Morgan fingerprint density at radius 3 is 2.74 bits per heavy atom. The Bertz CT molecular complexity index is 404. The third-order valence-electron chi connectivity index (χ3n) is 2.77. The zero-order chi connectivity index (χ0) is 14.5. The summed E-state index contributed by atoms with van der Waals surface area (Å²) in [7, 11) is -1.22. The van der Waals surface area contributed by atoms with Gasteiger partial charge in [0.05, 0.1) is 29.5 Å². The molecule has 0 spiro atoms. The SMILES string of the molecule is CN(CCO)CCOC(=S)NC1CS(=O)(=O)CC1Cl. The molecule has 112 valence electrons. The van der Waals surface area contributed by atoms with E-state index in [1.54, 1.807) is 0 Å². The van der Waals surface area contributed by atoms with Gasteiger partial charge in [-0.25, -0.2) is 8.42 Å². The standard InChI is InChI=1S/C10H19ClN2O4S2/c1-13(2-4-14)3-5-17-10(18)12-9-7-19(15,16)6-8(9)11/h8-9,14H,2-7H2,1H3,(H,12,18). The number of halogens is 1. The van der Waals surface area contributed by atoms with Crippen LogP contribution in [0.25, 0.3) is 0 Å². The number of likely N-dealkylation sites (N-methyl/N-ethyl adjacent to an activating group) is 1. The quantitative estimate of drug-likeness (QED) is 0.488. The van der Waals surface area contributed by atoms with E-state index in [0.717, 1.165) is 0 Å². The van der Waals surface area contributed by atoms with Gasteiger partial charge < -0.3 is 20.1 Å². The molecular weight excluding hydrogens is 312 g/mol. The molecule has 2 N–H and O–H groups in total. The van der Waals surface area contributed by atoms with E-state index in [9.17, 15) is 8.42 Å². The molecule has 0 bridgehead atoms. The molecule has 1 aliphatic heterocycles. The molecule has 6 nitrogen and oxygen atoms in total. The van der Waals surface area contributed by atoms with E-state index in [-0.39, 0.29) is 23.3 Å². The number of hydrogen-bond acceptors (Lipinski definition) is 6. The first-order valence-electron chi connectivity index (χ1n) is 5.91. The first-order chi connectivity index (χ1) is 8.84. The first-order valence-corrected chi connectivity index (χ1v) is 8.58. The van der Waals surface area contributed by atoms with E-state index in [0.29, 0.717) is 19.7 Å². The van der Waals surface area contributed by atoms with Crippen molar-refractivity contribution in [3.8, 4) is 0 Å². The summed E-state index contributed by atoms with van der Waals surface area (Å²) >= 11 is 10.9. The van der Waals surface area contributed by atoms with Gasteiger partial charge in [0.1, 0.15) is 6.61 Å². The number of aliphatic hydroxyl groups is 1. The fraction of sp³-hybridized carbons (Fsp3) is 0.900. The van der Waals surface area contributed by atoms with Gasteiger partial charge in [0.15, 0.2) is 9.84 Å². The summed E-state index contributed by atoms with van der Waals surface area (Å²) in [5.41, 5.74) is 0. The highest BCUT2D eigenvalue weighted by atomic mass is 35.5. The Morgan fingerprint density at radius 2 is 2.21 bits per heavy atom. The third kappa shape index (κ3) is 6.22. The Labute approximate surface area is 124 Å². The fourth-order valence-corrected chi connectivity index (χ4v) is 4.49. The number of thiocarbonyl (C=S) groups is 1. The maximum absolute atomic E-state index is 11.4. The molecule has 1 aliphatic rings. The summed E-state index contributed by atoms with van der Waals surface area (Å²) in [5, 5.41) is 11.2. The highest BCUT2D eigenvalue weighted by Gasteiger charge is 2.36. The molecule has 0 aromatic rings. The van der Waals surface area contributed by atoms with Crippen LogP contribution >= 0.6 is 23.8 Å². The van der Waals surface area contributed by atoms with Gasteiger partial charge in [-0.05, 0) is 19.3 Å². The molecule has 0 aromatic heterocycles. The van der Waals surface area contributed by atoms with Crippen molar-refractivity contribution in [1.29, 1.82) is 0 Å². The van der Waals surface area contributed by atoms with Gasteiger partial charge in [-0.1, -0.05) is 0 Å². The lowest BCUT2D eigenvalue weighted by Crippen LogP contribution is -2.41. The number of ether oxygens (including phenoxy) is 1. The molecule has 1 saturated heterocycles. The van der Waals surface area contributed by atoms with Crippen LogP contribution in [0.1, 0.15) is 0 Å². The molecule has 0 saturated carbocycles. The second kappa shape index (κ2) is 7.58. The molecular formula is C10H19ClN2O4S2. The smallest absolute Gasteiger partial charge is 0.256 e. The number of rotatable bonds is 6. The fourth-order valence-electron chi connectivity index (χ4n) is 1.71. The second-order valence-electron chi connectivity index (χ2n) is 4.51. The van der Waals surface area contributed by atoms with Gasteiger partial charge in [0.2, 0.25) is 0 Å². The molecule has 0 amide bonds. The van der Waals surface area contributed by atoms with Crippen molar-refractivity contribution in [2.24, 2.45) is 0 Å². The minimum Gasteiger partial charge on any atom is -0.470 e. The summed E-state index contributed by atoms with van der Waals surface area (Å²) in [6.07, 6.45) is 0. The molecule has 0 aromatic carbocycles. The zero-order valence-corrected chi connectivity index (χ0v) is 13.1. The average molecular weight is 331 g/mol. The highest BCUT2D eigenvalue weighted by Crippen LogP contribution is 2.17. The van der Waals surface area contributed by atoms with Gasteiger partial charge in [-0.3, -0.25) is 0 Å². The molecule has 0 aliphatic carbocycles. The van der Waals surface area contributed by atoms with Crippen molar-refractivity contribution >= 4 is 38.8 Å². The lowest BCUT2D eigenvalue weighted by Gasteiger charge is -2.19. The molecule has 9 heteroatoms. The summed E-state index contributed by atoms with van der Waals surface area (Å²) in [4.78, 5) is 1.90. The molecule has 0 radical (unpaired) electrons. The maximum atomic E-state index is 11.4. The van der Waals surface area contributed by atoms with Crippen LogP contribution in [0.2, 0.25) is 0 Å². The van der Waals surface area contributed by atoms with Crippen LogP contribution < -0.4 is 5.32 Å². The Morgan fingerprint density at radius 1 is 1.53 bits per heavy atom. The van der Waals surface area contributed by atoms with Crippen molar-refractivity contribution in [3.63, 3.8) is 0 Å². The zero-order valence-electron chi connectivity index (χ0n) is 10.7. The predicted molar refractivity (Wildman–Crippen MR) is 78.4 cm³/mol. The number of sulfone groups is 1. The molecule has 1 rings (SSSR count). The van der Waals surface area contributed by atoms with E-state index in [1.165, 1.54) is 0 Å². The summed E-state index contributed by atoms with van der Waals surface area (Å²) in [6, 6.07) is -0.394. The van der Waals surface area contributed by atoms with E-state index < -0.39 is 21.3 Å². The summed E-state index contributed by atoms with van der Waals surface area (Å²) in [5.74, 6) is -0.0524. The normalized spacial score (nSPS) is 25.5. The lowest BCUT2D eigenvalue weighted by molar-refractivity contribution is 0.187. The highest BCUT2D eigenvalue weighted by molar-refractivity contribution is 7.91. The van der Waals surface area contributed by atoms with Crippen LogP contribution in [-0.2, 0) is 14.6 Å². The number of nitrogens with zero attached hydrogens (tertiary/aromatic N) is 1. The van der Waals surface area contributed by atoms with Crippen molar-refractivity contribution in [2.75, 3.05) is 44.9 Å². The largest absolute Gasteiger partial charge is 0.470 e. The van der Waals surface area contributed by atoms with Gasteiger partial charge in [0, 0.05) is 13.1 Å². The summed E-state index contributed by atoms with van der Waals surface area (Å²) < 4.78 is 28.0. The van der Waals surface area contributed by atoms with Crippen LogP contribution in [-0.4, -0.2) is 79.9 Å². The van der Waals surface area contributed by atoms with E-state index in [4.69, 9.17) is 33.7 Å². The van der Waals surface area contributed by atoms with E-state index in [2.05, 4.69) is 5.32 Å². The van der Waals surface area contributed by atoms with E-state index in [1.807, 2.05) is 11.9 Å². The second-order valence-corrected chi connectivity index (χ2v) is 7.59. The molecule has 1 heterocycles. The first kappa shape index (κ1) is 16.9. The number of hydrogen-bond donors (Lipinski definition) is 2. The Balaban J connectivity index is 2.25. The van der Waals surface area contributed by atoms with Crippen LogP contribution in [0.5, 0.6) is 0 Å². The minimum absolute atomic E-state index is 0.0188. The van der Waals surface area contributed by atoms with Crippen LogP contribution in [0.3, 0.4) is 0 Å². The van der Waals surface area contributed by atoms with Crippen LogP contribution in [0.4, 0.5) is 0 Å². The number of alkyl halides is 1. The van der Waals surface area contributed by atoms with Crippen LogP contribution in [0, 0.1) is 0 Å². The number of aliphatic hydroxyl groups excluding tert-OH is 1. The maximum Gasteiger partial charge on any atom is 0.256 e. The molecule has 19 heavy (non-hydrogen) atoms. The molecule has 2 unspecified atom stereocenters. The van der Waals surface area contributed by atoms with Crippen LogP contribution in [0.15, 0.2) is 0 Å². The van der Waals surface area contributed by atoms with E-state index >= 15 is 0 Å². The Hall–Kier alpha value is -0.150. The molecule has 2 atom stereocenters. The minimum atomic E-state index is -3.08. The summed E-state index contributed by atoms with van der Waals surface area (Å²) in [6.45, 7) is 1.64. The van der Waals surface area contributed by atoms with Crippen molar-refractivity contribution in [1.82, 2.24) is 10.2 Å². The van der Waals surface area contributed by atoms with Gasteiger partial charge in [-0.15, -0.1) is 11.6 Å². The monoisotopic (exact) mass is 330 g/mol.